The zero-order chi connectivity index (χ0) is 33.4. The van der Waals surface area contributed by atoms with Crippen LogP contribution in [0.25, 0.3) is 11.1 Å². The van der Waals surface area contributed by atoms with E-state index in [9.17, 15) is 19.2 Å². The van der Waals surface area contributed by atoms with Crippen molar-refractivity contribution in [1.29, 1.82) is 0 Å². The van der Waals surface area contributed by atoms with Gasteiger partial charge in [-0.2, -0.15) is 0 Å². The maximum absolute atomic E-state index is 13.0. The molecule has 0 bridgehead atoms. The van der Waals surface area contributed by atoms with Gasteiger partial charge in [-0.05, 0) is 46.6 Å². The van der Waals surface area contributed by atoms with Crippen molar-refractivity contribution in [1.82, 2.24) is 4.90 Å². The Morgan fingerprint density at radius 1 is 0.830 bits per heavy atom. The summed E-state index contributed by atoms with van der Waals surface area (Å²) in [7, 11) is 0. The van der Waals surface area contributed by atoms with E-state index in [2.05, 4.69) is 18.3 Å². The van der Waals surface area contributed by atoms with Gasteiger partial charge in [0.2, 0.25) is 17.7 Å². The quantitative estimate of drug-likeness (QED) is 0.0769. The summed E-state index contributed by atoms with van der Waals surface area (Å²) in [4.78, 5) is 51.2. The van der Waals surface area contributed by atoms with E-state index < -0.39 is 0 Å². The Balaban J connectivity index is 1.11. The van der Waals surface area contributed by atoms with E-state index in [4.69, 9.17) is 4.74 Å². The molecule has 1 aliphatic heterocycles. The molecule has 256 valence electrons. The Morgan fingerprint density at radius 2 is 1.45 bits per heavy atom. The summed E-state index contributed by atoms with van der Waals surface area (Å²) < 4.78 is 5.36. The number of anilines is 1. The number of unbranched alkanes of at least 4 members (excludes halogenated alkanes) is 13. The Hall–Kier alpha value is -3.13. The number of esters is 1. The van der Waals surface area contributed by atoms with Crippen molar-refractivity contribution in [2.75, 3.05) is 24.2 Å². The van der Waals surface area contributed by atoms with Crippen LogP contribution in [0.5, 0.6) is 0 Å². The molecule has 1 fully saturated rings. The lowest BCUT2D eigenvalue weighted by Crippen LogP contribution is -2.34. The number of imide groups is 1. The highest BCUT2D eigenvalue weighted by molar-refractivity contribution is 8.00. The molecule has 2 aliphatic rings. The molecule has 3 amide bonds. The minimum Gasteiger partial charge on any atom is -0.465 e. The van der Waals surface area contributed by atoms with Gasteiger partial charge in [0, 0.05) is 37.9 Å². The van der Waals surface area contributed by atoms with Crippen LogP contribution in [0.3, 0.4) is 0 Å². The van der Waals surface area contributed by atoms with Gasteiger partial charge in [-0.1, -0.05) is 121 Å². The topological polar surface area (TPSA) is 92.8 Å². The van der Waals surface area contributed by atoms with Gasteiger partial charge in [-0.3, -0.25) is 24.1 Å². The number of rotatable bonds is 22. The number of hydrogen-bond acceptors (Lipinski definition) is 6. The number of nitrogens with one attached hydrogen (secondary N) is 1. The molecule has 0 saturated carbocycles. The van der Waals surface area contributed by atoms with Gasteiger partial charge in [0.1, 0.15) is 6.61 Å². The van der Waals surface area contributed by atoms with Gasteiger partial charge in [-0.15, -0.1) is 11.8 Å². The van der Waals surface area contributed by atoms with E-state index in [-0.39, 0.29) is 60.9 Å². The molecule has 0 spiro atoms. The average molecular weight is 663 g/mol. The molecule has 1 saturated heterocycles. The molecule has 1 N–H and O–H groups in total. The fraction of sp³-hybridized carbons (Fsp3) is 0.590. The molecular weight excluding hydrogens is 609 g/mol. The number of likely N-dealkylation sites (tertiary alicyclic amines) is 1. The summed E-state index contributed by atoms with van der Waals surface area (Å²) >= 11 is 1.59. The predicted octanol–water partition coefficient (Wildman–Crippen LogP) is 9.03. The first-order chi connectivity index (χ1) is 22.9. The van der Waals surface area contributed by atoms with Crippen LogP contribution in [0.4, 0.5) is 5.69 Å². The van der Waals surface area contributed by atoms with Gasteiger partial charge in [0.25, 0.3) is 0 Å². The third-order valence-corrected chi connectivity index (χ3v) is 10.7. The Labute approximate surface area is 286 Å². The number of thioether (sulfide) groups is 1. The van der Waals surface area contributed by atoms with E-state index in [0.717, 1.165) is 34.4 Å². The number of hydrogen-bond donors (Lipinski definition) is 1. The van der Waals surface area contributed by atoms with Crippen LogP contribution < -0.4 is 5.32 Å². The molecule has 2 unspecified atom stereocenters. The summed E-state index contributed by atoms with van der Waals surface area (Å²) in [5.74, 6) is -0.165. The second-order valence-electron chi connectivity index (χ2n) is 13.1. The number of carbonyl (C=O) groups is 4. The molecular formula is C39H54N2O5S. The van der Waals surface area contributed by atoms with Gasteiger partial charge < -0.3 is 10.1 Å². The molecule has 8 heteroatoms. The lowest BCUT2D eigenvalue weighted by atomic mass is 9.97. The van der Waals surface area contributed by atoms with Crippen LogP contribution in [-0.4, -0.2) is 52.7 Å². The normalized spacial score (nSPS) is 16.8. The first-order valence-electron chi connectivity index (χ1n) is 18.0. The maximum Gasteiger partial charge on any atom is 0.302 e. The second-order valence-corrected chi connectivity index (χ2v) is 14.4. The number of amides is 3. The second kappa shape index (κ2) is 19.6. The van der Waals surface area contributed by atoms with E-state index in [1.807, 2.05) is 36.4 Å². The van der Waals surface area contributed by atoms with Gasteiger partial charge >= 0.3 is 5.97 Å². The standard InChI is InChI=1S/C39H54N2O5S/c1-3-4-5-6-7-8-9-10-11-12-13-14-15-18-25-47-36-27-38(44)41(39(36)45)24-23-37(43)40-30-21-22-33-31-19-16-17-20-32(31)35(34(33)26-30)28-46-29(2)42/h16-17,19-22,26,35-36H,3-15,18,23-25,27-28H2,1-2H3,(H,40,43). The van der Waals surface area contributed by atoms with Crippen molar-refractivity contribution in [2.45, 2.75) is 128 Å². The highest BCUT2D eigenvalue weighted by Crippen LogP contribution is 2.45. The fourth-order valence-corrected chi connectivity index (χ4v) is 7.93. The molecule has 2 atom stereocenters. The predicted molar refractivity (Wildman–Crippen MR) is 191 cm³/mol. The highest BCUT2D eigenvalue weighted by atomic mass is 32.2. The number of carbonyl (C=O) groups excluding carboxylic acids is 4. The zero-order valence-electron chi connectivity index (χ0n) is 28.5. The Kier molecular flexibility index (Phi) is 15.3. The van der Waals surface area contributed by atoms with Crippen molar-refractivity contribution in [2.24, 2.45) is 0 Å². The van der Waals surface area contributed by atoms with Gasteiger partial charge in [0.05, 0.1) is 5.25 Å². The molecule has 2 aromatic rings. The van der Waals surface area contributed by atoms with Crippen molar-refractivity contribution in [3.05, 3.63) is 53.6 Å². The fourth-order valence-electron chi connectivity index (χ4n) is 6.74. The van der Waals surface area contributed by atoms with Crippen molar-refractivity contribution in [3.63, 3.8) is 0 Å². The molecule has 1 heterocycles. The number of ether oxygens (including phenoxy) is 1. The van der Waals surface area contributed by atoms with E-state index in [1.54, 1.807) is 11.8 Å². The Morgan fingerprint density at radius 3 is 2.11 bits per heavy atom. The van der Waals surface area contributed by atoms with Crippen molar-refractivity contribution < 1.29 is 23.9 Å². The van der Waals surface area contributed by atoms with Crippen LogP contribution >= 0.6 is 11.8 Å². The van der Waals surface area contributed by atoms with Crippen LogP contribution in [-0.2, 0) is 23.9 Å². The van der Waals surface area contributed by atoms with Crippen molar-refractivity contribution in [3.8, 4) is 11.1 Å². The van der Waals surface area contributed by atoms with Crippen LogP contribution in [0.1, 0.15) is 134 Å². The maximum atomic E-state index is 13.0. The van der Waals surface area contributed by atoms with Crippen LogP contribution in [0.2, 0.25) is 0 Å². The van der Waals surface area contributed by atoms with E-state index in [0.29, 0.717) is 5.69 Å². The largest absolute Gasteiger partial charge is 0.465 e. The van der Waals surface area contributed by atoms with Gasteiger partial charge in [0.15, 0.2) is 0 Å². The van der Waals surface area contributed by atoms with Crippen LogP contribution in [0.15, 0.2) is 42.5 Å². The average Bonchev–Trinajstić information content (AvgIpc) is 3.52. The summed E-state index contributed by atoms with van der Waals surface area (Å²) in [6, 6.07) is 13.8. The molecule has 7 nitrogen and oxygen atoms in total. The first kappa shape index (κ1) is 36.7. The molecule has 4 rings (SSSR count). The van der Waals surface area contributed by atoms with E-state index >= 15 is 0 Å². The lowest BCUT2D eigenvalue weighted by molar-refractivity contribution is -0.141. The zero-order valence-corrected chi connectivity index (χ0v) is 29.3. The summed E-state index contributed by atoms with van der Waals surface area (Å²) in [5.41, 5.74) is 4.88. The SMILES string of the molecule is CCCCCCCCCCCCCCCCSC1CC(=O)N(CCC(=O)Nc2ccc3c(c2)C(COC(C)=O)c2ccccc2-3)C1=O. The third kappa shape index (κ3) is 11.2. The minimum atomic E-state index is -0.333. The smallest absolute Gasteiger partial charge is 0.302 e. The molecule has 1 aliphatic carbocycles. The molecule has 0 radical (unpaired) electrons. The van der Waals surface area contributed by atoms with E-state index in [1.165, 1.54) is 95.3 Å². The lowest BCUT2D eigenvalue weighted by Gasteiger charge is -2.16. The molecule has 47 heavy (non-hydrogen) atoms. The molecule has 0 aromatic heterocycles. The highest BCUT2D eigenvalue weighted by Gasteiger charge is 2.38. The monoisotopic (exact) mass is 662 g/mol. The minimum absolute atomic E-state index is 0.0437. The van der Waals surface area contributed by atoms with Gasteiger partial charge in [-0.25, -0.2) is 0 Å². The van der Waals surface area contributed by atoms with Crippen molar-refractivity contribution >= 4 is 41.1 Å². The Bertz CT molecular complexity index is 1340. The number of fused-ring (bicyclic) bond motifs is 3. The third-order valence-electron chi connectivity index (χ3n) is 9.37. The summed E-state index contributed by atoms with van der Waals surface area (Å²) in [6.07, 6.45) is 18.7. The number of benzene rings is 2. The molecule has 2 aromatic carbocycles. The first-order valence-corrected chi connectivity index (χ1v) is 19.1. The summed E-state index contributed by atoms with van der Waals surface area (Å²) in [5, 5.41) is 2.60. The summed E-state index contributed by atoms with van der Waals surface area (Å²) in [6.45, 7) is 3.98. The van der Waals surface area contributed by atoms with Crippen LogP contribution in [0, 0.1) is 0 Å². The number of nitrogens with zero attached hydrogens (tertiary/aromatic N) is 1.